The van der Waals surface area contributed by atoms with E-state index in [2.05, 4.69) is 20.2 Å². The zero-order valence-corrected chi connectivity index (χ0v) is 10.3. The van der Waals surface area contributed by atoms with E-state index < -0.39 is 0 Å². The monoisotopic (exact) mass is 248 g/mol. The SMILES string of the molecule is COc1cc(N2CC(C(=O)NC3CC3)C2)ncn1. The first kappa shape index (κ1) is 11.3. The van der Waals surface area contributed by atoms with Gasteiger partial charge in [0, 0.05) is 25.2 Å². The minimum Gasteiger partial charge on any atom is -0.481 e. The summed E-state index contributed by atoms with van der Waals surface area (Å²) in [6.45, 7) is 1.44. The minimum atomic E-state index is 0.0894. The molecule has 1 aliphatic carbocycles. The Bertz CT molecular complexity index is 455. The van der Waals surface area contributed by atoms with E-state index in [-0.39, 0.29) is 11.8 Å². The van der Waals surface area contributed by atoms with Crippen molar-refractivity contribution in [2.75, 3.05) is 25.1 Å². The second kappa shape index (κ2) is 4.44. The van der Waals surface area contributed by atoms with Gasteiger partial charge in [0.2, 0.25) is 11.8 Å². The summed E-state index contributed by atoms with van der Waals surface area (Å²) < 4.78 is 5.05. The fourth-order valence-corrected chi connectivity index (χ4v) is 1.99. The summed E-state index contributed by atoms with van der Waals surface area (Å²) in [5, 5.41) is 3.03. The predicted octanol–water partition coefficient (Wildman–Crippen LogP) is 0.200. The molecule has 18 heavy (non-hydrogen) atoms. The number of hydrogen-bond donors (Lipinski definition) is 1. The molecule has 1 amide bonds. The molecule has 6 nitrogen and oxygen atoms in total. The smallest absolute Gasteiger partial charge is 0.226 e. The fraction of sp³-hybridized carbons (Fsp3) is 0.583. The van der Waals surface area contributed by atoms with Gasteiger partial charge in [-0.25, -0.2) is 9.97 Å². The quantitative estimate of drug-likeness (QED) is 0.824. The highest BCUT2D eigenvalue weighted by atomic mass is 16.5. The first-order valence-corrected chi connectivity index (χ1v) is 6.17. The first-order chi connectivity index (χ1) is 8.76. The molecule has 0 aromatic carbocycles. The van der Waals surface area contributed by atoms with Crippen LogP contribution in [0.2, 0.25) is 0 Å². The van der Waals surface area contributed by atoms with Crippen molar-refractivity contribution in [3.05, 3.63) is 12.4 Å². The van der Waals surface area contributed by atoms with Gasteiger partial charge in [0.1, 0.15) is 12.1 Å². The van der Waals surface area contributed by atoms with Crippen LogP contribution in [0, 0.1) is 5.92 Å². The number of rotatable bonds is 4. The Morgan fingerprint density at radius 2 is 2.22 bits per heavy atom. The topological polar surface area (TPSA) is 67.3 Å². The second-order valence-electron chi connectivity index (χ2n) is 4.80. The lowest BCUT2D eigenvalue weighted by Crippen LogP contribution is -2.54. The molecule has 3 rings (SSSR count). The second-order valence-corrected chi connectivity index (χ2v) is 4.80. The molecule has 2 aliphatic rings. The first-order valence-electron chi connectivity index (χ1n) is 6.17. The number of aromatic nitrogens is 2. The lowest BCUT2D eigenvalue weighted by Gasteiger charge is -2.39. The van der Waals surface area contributed by atoms with Crippen molar-refractivity contribution in [1.29, 1.82) is 0 Å². The summed E-state index contributed by atoms with van der Waals surface area (Å²) in [5.74, 6) is 1.63. The van der Waals surface area contributed by atoms with Gasteiger partial charge in [0.05, 0.1) is 13.0 Å². The highest BCUT2D eigenvalue weighted by Gasteiger charge is 2.36. The predicted molar refractivity (Wildman–Crippen MR) is 65.5 cm³/mol. The van der Waals surface area contributed by atoms with Crippen molar-refractivity contribution in [3.63, 3.8) is 0 Å². The van der Waals surface area contributed by atoms with Gasteiger partial charge in [0.25, 0.3) is 0 Å². The van der Waals surface area contributed by atoms with Gasteiger partial charge in [-0.3, -0.25) is 4.79 Å². The van der Waals surface area contributed by atoms with Crippen molar-refractivity contribution in [1.82, 2.24) is 15.3 Å². The van der Waals surface area contributed by atoms with Gasteiger partial charge in [-0.1, -0.05) is 0 Å². The zero-order chi connectivity index (χ0) is 12.5. The number of hydrogen-bond acceptors (Lipinski definition) is 5. The number of anilines is 1. The van der Waals surface area contributed by atoms with Crippen molar-refractivity contribution < 1.29 is 9.53 Å². The minimum absolute atomic E-state index is 0.0894. The van der Waals surface area contributed by atoms with Crippen LogP contribution >= 0.6 is 0 Å². The normalized spacial score (nSPS) is 19.3. The van der Waals surface area contributed by atoms with Gasteiger partial charge >= 0.3 is 0 Å². The number of nitrogens with zero attached hydrogens (tertiary/aromatic N) is 3. The molecule has 6 heteroatoms. The van der Waals surface area contributed by atoms with Crippen LogP contribution in [0.1, 0.15) is 12.8 Å². The van der Waals surface area contributed by atoms with Crippen LogP contribution in [0.3, 0.4) is 0 Å². The molecular weight excluding hydrogens is 232 g/mol. The Labute approximate surface area is 105 Å². The molecule has 0 unspecified atom stereocenters. The fourth-order valence-electron chi connectivity index (χ4n) is 1.99. The lowest BCUT2D eigenvalue weighted by atomic mass is 9.99. The van der Waals surface area contributed by atoms with Crippen LogP contribution < -0.4 is 15.0 Å². The number of nitrogens with one attached hydrogen (secondary N) is 1. The third-order valence-electron chi connectivity index (χ3n) is 3.34. The molecule has 1 aliphatic heterocycles. The number of amides is 1. The van der Waals surface area contributed by atoms with Gasteiger partial charge in [0.15, 0.2) is 0 Å². The molecule has 0 atom stereocenters. The van der Waals surface area contributed by atoms with Crippen LogP contribution in [0.4, 0.5) is 5.82 Å². The average molecular weight is 248 g/mol. The standard InChI is InChI=1S/C12H16N4O2/c1-18-11-4-10(13-7-14-11)16-5-8(6-16)12(17)15-9-2-3-9/h4,7-9H,2-3,5-6H2,1H3,(H,15,17). The summed E-state index contributed by atoms with van der Waals surface area (Å²) in [7, 11) is 1.58. The summed E-state index contributed by atoms with van der Waals surface area (Å²) in [6, 6.07) is 2.22. The van der Waals surface area contributed by atoms with E-state index in [1.165, 1.54) is 6.33 Å². The maximum Gasteiger partial charge on any atom is 0.226 e. The van der Waals surface area contributed by atoms with Crippen LogP contribution in [0.15, 0.2) is 12.4 Å². The molecule has 96 valence electrons. The molecule has 2 heterocycles. The van der Waals surface area contributed by atoms with Crippen molar-refractivity contribution in [2.24, 2.45) is 5.92 Å². The van der Waals surface area contributed by atoms with E-state index in [1.54, 1.807) is 13.2 Å². The molecule has 1 N–H and O–H groups in total. The third-order valence-corrected chi connectivity index (χ3v) is 3.34. The van der Waals surface area contributed by atoms with Crippen molar-refractivity contribution >= 4 is 11.7 Å². The third kappa shape index (κ3) is 2.23. The Morgan fingerprint density at radius 3 is 2.89 bits per heavy atom. The van der Waals surface area contributed by atoms with Gasteiger partial charge in [-0.2, -0.15) is 0 Å². The molecule has 2 fully saturated rings. The zero-order valence-electron chi connectivity index (χ0n) is 10.3. The van der Waals surface area contributed by atoms with Crippen LogP contribution in [-0.2, 0) is 4.79 Å². The molecule has 0 radical (unpaired) electrons. The van der Waals surface area contributed by atoms with E-state index in [9.17, 15) is 4.79 Å². The largest absolute Gasteiger partial charge is 0.481 e. The number of carbonyl (C=O) groups is 1. The van der Waals surface area contributed by atoms with Gasteiger partial charge in [-0.05, 0) is 12.8 Å². The Morgan fingerprint density at radius 1 is 1.44 bits per heavy atom. The summed E-state index contributed by atoms with van der Waals surface area (Å²) in [5.41, 5.74) is 0. The van der Waals surface area contributed by atoms with Gasteiger partial charge < -0.3 is 15.0 Å². The Kier molecular flexibility index (Phi) is 2.77. The number of ether oxygens (including phenoxy) is 1. The van der Waals surface area contributed by atoms with Gasteiger partial charge in [-0.15, -0.1) is 0 Å². The maximum absolute atomic E-state index is 11.8. The van der Waals surface area contributed by atoms with Crippen LogP contribution in [0.5, 0.6) is 5.88 Å². The van der Waals surface area contributed by atoms with E-state index in [0.717, 1.165) is 31.7 Å². The molecule has 1 saturated heterocycles. The van der Waals surface area contributed by atoms with Crippen molar-refractivity contribution in [2.45, 2.75) is 18.9 Å². The Hall–Kier alpha value is -1.85. The van der Waals surface area contributed by atoms with Crippen LogP contribution in [0.25, 0.3) is 0 Å². The molecule has 1 aromatic heterocycles. The highest BCUT2D eigenvalue weighted by molar-refractivity contribution is 5.82. The lowest BCUT2D eigenvalue weighted by molar-refractivity contribution is -0.125. The highest BCUT2D eigenvalue weighted by Crippen LogP contribution is 2.26. The van der Waals surface area contributed by atoms with Crippen molar-refractivity contribution in [3.8, 4) is 5.88 Å². The molecule has 0 spiro atoms. The molecule has 1 aromatic rings. The van der Waals surface area contributed by atoms with E-state index in [1.807, 2.05) is 0 Å². The maximum atomic E-state index is 11.8. The average Bonchev–Trinajstić information content (AvgIpc) is 3.11. The van der Waals surface area contributed by atoms with E-state index in [0.29, 0.717) is 11.9 Å². The summed E-state index contributed by atoms with van der Waals surface area (Å²) in [6.07, 6.45) is 3.74. The number of methoxy groups -OCH3 is 1. The number of carbonyl (C=O) groups excluding carboxylic acids is 1. The molecule has 1 saturated carbocycles. The summed E-state index contributed by atoms with van der Waals surface area (Å²) in [4.78, 5) is 22.0. The van der Waals surface area contributed by atoms with E-state index in [4.69, 9.17) is 4.74 Å². The van der Waals surface area contributed by atoms with E-state index >= 15 is 0 Å². The summed E-state index contributed by atoms with van der Waals surface area (Å²) >= 11 is 0. The molecular formula is C12H16N4O2. The Balaban J connectivity index is 1.55. The molecule has 0 bridgehead atoms. The van der Waals surface area contributed by atoms with Crippen LogP contribution in [-0.4, -0.2) is 42.1 Å².